The summed E-state index contributed by atoms with van der Waals surface area (Å²) in [5, 5.41) is 0. The van der Waals surface area contributed by atoms with Crippen LogP contribution in [0.4, 0.5) is 0 Å². The Morgan fingerprint density at radius 1 is 1.11 bits per heavy atom. The number of nitrogens with zero attached hydrogens (tertiary/aromatic N) is 1. The summed E-state index contributed by atoms with van der Waals surface area (Å²) in [5.74, 6) is -0.125. The van der Waals surface area contributed by atoms with Crippen molar-refractivity contribution in [3.63, 3.8) is 0 Å². The fraction of sp³-hybridized carbons (Fsp3) is 0.867. The van der Waals surface area contributed by atoms with Gasteiger partial charge in [-0.25, -0.2) is 4.79 Å². The zero-order chi connectivity index (χ0) is 14.4. The van der Waals surface area contributed by atoms with E-state index in [-0.39, 0.29) is 34.7 Å². The molecular formula is C15H25NO3. The van der Waals surface area contributed by atoms with Crippen LogP contribution >= 0.6 is 0 Å². The summed E-state index contributed by atoms with van der Waals surface area (Å²) in [6.45, 7) is 9.21. The predicted molar refractivity (Wildman–Crippen MR) is 72.4 cm³/mol. The standard InChI is InChI=1S/C15H25NO3/c1-14(2)11(15(14,3)4)12(17)16-9-7-6-8-10(16)13(18)19-5/h10-11H,6-9H2,1-5H3/t10-/m1/s1. The number of hydrogen-bond acceptors (Lipinski definition) is 3. The van der Waals surface area contributed by atoms with E-state index < -0.39 is 0 Å². The first-order valence-corrected chi connectivity index (χ1v) is 7.13. The van der Waals surface area contributed by atoms with Crippen molar-refractivity contribution in [1.82, 2.24) is 4.90 Å². The van der Waals surface area contributed by atoms with Crippen molar-refractivity contribution in [3.05, 3.63) is 0 Å². The van der Waals surface area contributed by atoms with Gasteiger partial charge < -0.3 is 9.64 Å². The fourth-order valence-corrected chi connectivity index (χ4v) is 3.56. The number of rotatable bonds is 2. The molecule has 2 aliphatic rings. The Kier molecular flexibility index (Phi) is 3.40. The molecule has 0 aromatic rings. The van der Waals surface area contributed by atoms with Crippen LogP contribution in [0.15, 0.2) is 0 Å². The average molecular weight is 267 g/mol. The van der Waals surface area contributed by atoms with Gasteiger partial charge in [0.1, 0.15) is 6.04 Å². The van der Waals surface area contributed by atoms with Gasteiger partial charge in [-0.3, -0.25) is 4.79 Å². The van der Waals surface area contributed by atoms with Gasteiger partial charge >= 0.3 is 5.97 Å². The van der Waals surface area contributed by atoms with E-state index in [2.05, 4.69) is 27.7 Å². The lowest BCUT2D eigenvalue weighted by atomic mass is 10.0. The molecule has 0 spiro atoms. The molecule has 4 nitrogen and oxygen atoms in total. The number of esters is 1. The van der Waals surface area contributed by atoms with Crippen molar-refractivity contribution in [3.8, 4) is 0 Å². The van der Waals surface area contributed by atoms with Crippen molar-refractivity contribution in [1.29, 1.82) is 0 Å². The Morgan fingerprint density at radius 2 is 1.68 bits per heavy atom. The Bertz CT molecular complexity index is 386. The minimum Gasteiger partial charge on any atom is -0.467 e. The van der Waals surface area contributed by atoms with Gasteiger partial charge in [-0.05, 0) is 30.1 Å². The number of piperidine rings is 1. The summed E-state index contributed by atoms with van der Waals surface area (Å²) < 4.78 is 4.84. The summed E-state index contributed by atoms with van der Waals surface area (Å²) in [7, 11) is 1.39. The van der Waals surface area contributed by atoms with Gasteiger partial charge in [0.05, 0.1) is 7.11 Å². The van der Waals surface area contributed by atoms with Gasteiger partial charge in [0.15, 0.2) is 0 Å². The molecule has 0 radical (unpaired) electrons. The van der Waals surface area contributed by atoms with Crippen LogP contribution in [-0.4, -0.2) is 36.5 Å². The van der Waals surface area contributed by atoms with E-state index in [0.717, 1.165) is 19.3 Å². The van der Waals surface area contributed by atoms with Crippen LogP contribution in [0.5, 0.6) is 0 Å². The van der Waals surface area contributed by atoms with Crippen molar-refractivity contribution in [2.75, 3.05) is 13.7 Å². The quantitative estimate of drug-likeness (QED) is 0.721. The number of methoxy groups -OCH3 is 1. The maximum atomic E-state index is 12.7. The average Bonchev–Trinajstić information content (AvgIpc) is 2.78. The van der Waals surface area contributed by atoms with Crippen LogP contribution in [0.1, 0.15) is 47.0 Å². The van der Waals surface area contributed by atoms with Crippen LogP contribution in [0, 0.1) is 16.7 Å². The van der Waals surface area contributed by atoms with E-state index in [1.54, 1.807) is 4.90 Å². The summed E-state index contributed by atoms with van der Waals surface area (Å²) in [6.07, 6.45) is 2.69. The molecule has 0 bridgehead atoms. The third kappa shape index (κ3) is 2.05. The molecule has 2 fully saturated rings. The molecule has 4 heteroatoms. The number of amides is 1. The number of carbonyl (C=O) groups is 2. The Labute approximate surface area is 115 Å². The summed E-state index contributed by atoms with van der Waals surface area (Å²) >= 11 is 0. The second-order valence-corrected chi connectivity index (χ2v) is 6.94. The third-order valence-electron chi connectivity index (χ3n) is 5.53. The molecule has 1 atom stereocenters. The van der Waals surface area contributed by atoms with Gasteiger partial charge in [-0.15, -0.1) is 0 Å². The third-order valence-corrected chi connectivity index (χ3v) is 5.53. The molecule has 19 heavy (non-hydrogen) atoms. The minimum absolute atomic E-state index is 0.0161. The van der Waals surface area contributed by atoms with E-state index in [9.17, 15) is 9.59 Å². The van der Waals surface area contributed by atoms with Gasteiger partial charge in [-0.1, -0.05) is 27.7 Å². The monoisotopic (exact) mass is 267 g/mol. The topological polar surface area (TPSA) is 46.6 Å². The number of ether oxygens (including phenoxy) is 1. The van der Waals surface area contributed by atoms with Crippen LogP contribution in [0.3, 0.4) is 0 Å². The fourth-order valence-electron chi connectivity index (χ4n) is 3.56. The second-order valence-electron chi connectivity index (χ2n) is 6.94. The lowest BCUT2D eigenvalue weighted by molar-refractivity contribution is -0.155. The first-order valence-electron chi connectivity index (χ1n) is 7.13. The minimum atomic E-state index is -0.376. The summed E-state index contributed by atoms with van der Waals surface area (Å²) in [6, 6.07) is -0.376. The first kappa shape index (κ1) is 14.4. The Hall–Kier alpha value is -1.06. The molecule has 2 rings (SSSR count). The van der Waals surface area contributed by atoms with E-state index >= 15 is 0 Å². The molecule has 1 amide bonds. The van der Waals surface area contributed by atoms with E-state index in [1.807, 2.05) is 0 Å². The first-order chi connectivity index (χ1) is 8.75. The maximum absolute atomic E-state index is 12.7. The SMILES string of the molecule is COC(=O)[C@H]1CCCCN1C(=O)C1C(C)(C)C1(C)C. The Morgan fingerprint density at radius 3 is 2.16 bits per heavy atom. The highest BCUT2D eigenvalue weighted by Crippen LogP contribution is 2.68. The normalized spacial score (nSPS) is 28.9. The molecule has 0 N–H and O–H groups in total. The van der Waals surface area contributed by atoms with Crippen LogP contribution in [-0.2, 0) is 14.3 Å². The largest absolute Gasteiger partial charge is 0.467 e. The molecular weight excluding hydrogens is 242 g/mol. The molecule has 1 aliphatic heterocycles. The molecule has 1 saturated carbocycles. The molecule has 0 aromatic heterocycles. The van der Waals surface area contributed by atoms with E-state index in [0.29, 0.717) is 6.54 Å². The molecule has 1 saturated heterocycles. The van der Waals surface area contributed by atoms with E-state index in [4.69, 9.17) is 4.74 Å². The number of carbonyl (C=O) groups excluding carboxylic acids is 2. The van der Waals surface area contributed by atoms with Crippen LogP contribution in [0.25, 0.3) is 0 Å². The molecule has 1 aliphatic carbocycles. The van der Waals surface area contributed by atoms with E-state index in [1.165, 1.54) is 7.11 Å². The lowest BCUT2D eigenvalue weighted by Gasteiger charge is -2.34. The lowest BCUT2D eigenvalue weighted by Crippen LogP contribution is -2.49. The molecule has 108 valence electrons. The zero-order valence-electron chi connectivity index (χ0n) is 12.7. The summed E-state index contributed by atoms with van der Waals surface area (Å²) in [4.78, 5) is 26.3. The van der Waals surface area contributed by atoms with Crippen molar-refractivity contribution in [2.45, 2.75) is 53.0 Å². The van der Waals surface area contributed by atoms with Crippen molar-refractivity contribution < 1.29 is 14.3 Å². The van der Waals surface area contributed by atoms with Crippen molar-refractivity contribution >= 4 is 11.9 Å². The molecule has 1 heterocycles. The smallest absolute Gasteiger partial charge is 0.328 e. The Balaban J connectivity index is 2.16. The van der Waals surface area contributed by atoms with Crippen LogP contribution in [0.2, 0.25) is 0 Å². The van der Waals surface area contributed by atoms with Crippen LogP contribution < -0.4 is 0 Å². The molecule has 0 aromatic carbocycles. The van der Waals surface area contributed by atoms with Gasteiger partial charge in [-0.2, -0.15) is 0 Å². The maximum Gasteiger partial charge on any atom is 0.328 e. The summed E-state index contributed by atoms with van der Waals surface area (Å²) in [5.41, 5.74) is 0.0321. The van der Waals surface area contributed by atoms with Gasteiger partial charge in [0, 0.05) is 12.5 Å². The van der Waals surface area contributed by atoms with Gasteiger partial charge in [0.25, 0.3) is 0 Å². The number of likely N-dealkylation sites (tertiary alicyclic amines) is 1. The second kappa shape index (κ2) is 4.50. The number of hydrogen-bond donors (Lipinski definition) is 0. The highest BCUT2D eigenvalue weighted by atomic mass is 16.5. The van der Waals surface area contributed by atoms with Crippen molar-refractivity contribution in [2.24, 2.45) is 16.7 Å². The predicted octanol–water partition coefficient (Wildman–Crippen LogP) is 2.22. The highest BCUT2D eigenvalue weighted by molar-refractivity contribution is 5.89. The zero-order valence-corrected chi connectivity index (χ0v) is 12.7. The van der Waals surface area contributed by atoms with Gasteiger partial charge in [0.2, 0.25) is 5.91 Å². The highest BCUT2D eigenvalue weighted by Gasteiger charge is 2.69. The molecule has 0 unspecified atom stereocenters.